The summed E-state index contributed by atoms with van der Waals surface area (Å²) in [6.45, 7) is 0.673. The first-order chi connectivity index (χ1) is 15.8. The highest BCUT2D eigenvalue weighted by Crippen LogP contribution is 2.23. The molecule has 1 heterocycles. The van der Waals surface area contributed by atoms with E-state index in [1.54, 1.807) is 53.4 Å². The van der Waals surface area contributed by atoms with E-state index in [0.717, 1.165) is 18.5 Å². The highest BCUT2D eigenvalue weighted by molar-refractivity contribution is 6.30. The number of carbonyl (C=O) groups is 4. The molecule has 1 fully saturated rings. The largest absolute Gasteiger partial charge is 0.370 e. The number of hydrogen-bond acceptors (Lipinski definition) is 4. The van der Waals surface area contributed by atoms with E-state index in [9.17, 15) is 19.2 Å². The van der Waals surface area contributed by atoms with Crippen LogP contribution in [0.4, 0.5) is 21.9 Å². The Hall–Kier alpha value is -3.59. The summed E-state index contributed by atoms with van der Waals surface area (Å²) in [4.78, 5) is 50.2. The molecule has 1 aliphatic heterocycles. The van der Waals surface area contributed by atoms with Gasteiger partial charge in [0.1, 0.15) is 6.04 Å². The van der Waals surface area contributed by atoms with Gasteiger partial charge in [-0.15, -0.1) is 0 Å². The average Bonchev–Trinajstić information content (AvgIpc) is 2.79. The summed E-state index contributed by atoms with van der Waals surface area (Å²) in [5, 5.41) is 8.43. The monoisotopic (exact) mass is 471 g/mol. The fraction of sp³-hybridized carbons (Fsp3) is 0.304. The Kier molecular flexibility index (Phi) is 8.26. The molecule has 1 aliphatic rings. The number of nitrogens with zero attached hydrogens (tertiary/aromatic N) is 1. The Morgan fingerprint density at radius 1 is 0.970 bits per heavy atom. The third kappa shape index (κ3) is 7.21. The highest BCUT2D eigenvalue weighted by Gasteiger charge is 2.23. The number of urea groups is 1. The lowest BCUT2D eigenvalue weighted by atomic mass is 10.1. The minimum Gasteiger partial charge on any atom is -0.370 e. The summed E-state index contributed by atoms with van der Waals surface area (Å²) >= 11 is 5.84. The summed E-state index contributed by atoms with van der Waals surface area (Å²) < 4.78 is 0. The van der Waals surface area contributed by atoms with Crippen molar-refractivity contribution in [2.45, 2.75) is 38.1 Å². The molecule has 0 spiro atoms. The number of hydrogen-bond donors (Lipinski definition) is 4. The van der Waals surface area contributed by atoms with E-state index < -0.39 is 23.9 Å². The molecule has 0 saturated carbocycles. The van der Waals surface area contributed by atoms with Crippen molar-refractivity contribution in [1.29, 1.82) is 0 Å². The summed E-state index contributed by atoms with van der Waals surface area (Å²) in [6.07, 6.45) is 2.35. The van der Waals surface area contributed by atoms with Crippen LogP contribution in [-0.2, 0) is 14.4 Å². The number of carbonyl (C=O) groups excluding carboxylic acids is 4. The molecule has 3 rings (SSSR count). The van der Waals surface area contributed by atoms with Crippen LogP contribution in [-0.4, -0.2) is 36.3 Å². The molecule has 0 radical (unpaired) electrons. The van der Waals surface area contributed by atoms with E-state index in [2.05, 4.69) is 16.0 Å². The van der Waals surface area contributed by atoms with Crippen LogP contribution in [0.15, 0.2) is 48.5 Å². The molecule has 2 aromatic carbocycles. The molecule has 9 nitrogen and oxygen atoms in total. The molecular weight excluding hydrogens is 446 g/mol. The van der Waals surface area contributed by atoms with Gasteiger partial charge in [0.25, 0.3) is 0 Å². The van der Waals surface area contributed by atoms with Gasteiger partial charge in [-0.05, 0) is 67.8 Å². The number of benzene rings is 2. The first-order valence-electron chi connectivity index (χ1n) is 10.6. The standard InChI is InChI=1S/C23H26ClN5O4/c24-15-4-6-17(7-5-15)27-23(33)28-19(12-13-20(25)30)22(32)26-16-8-10-18(11-9-16)29-14-2-1-3-21(29)31/h4-11,19H,1-3,12-14H2,(H2,25,30)(H,26,32)(H2,27,28,33). The van der Waals surface area contributed by atoms with Crippen LogP contribution in [0.25, 0.3) is 0 Å². The van der Waals surface area contributed by atoms with Gasteiger partial charge in [-0.3, -0.25) is 14.4 Å². The number of anilines is 3. The molecule has 10 heteroatoms. The van der Waals surface area contributed by atoms with Crippen LogP contribution in [0.2, 0.25) is 5.02 Å². The number of amides is 5. The zero-order valence-electron chi connectivity index (χ0n) is 18.0. The number of nitrogens with two attached hydrogens (primary N) is 1. The third-order valence-corrected chi connectivity index (χ3v) is 5.43. The minimum absolute atomic E-state index is 0.0373. The lowest BCUT2D eigenvalue weighted by Crippen LogP contribution is -2.46. The molecule has 0 aliphatic carbocycles. The SMILES string of the molecule is NC(=O)CCC(NC(=O)Nc1ccc(Cl)cc1)C(=O)Nc1ccc(N2CCCCC2=O)cc1. The maximum absolute atomic E-state index is 12.8. The molecule has 1 saturated heterocycles. The van der Waals surface area contributed by atoms with E-state index in [-0.39, 0.29) is 18.7 Å². The predicted molar refractivity (Wildman–Crippen MR) is 127 cm³/mol. The zero-order chi connectivity index (χ0) is 23.8. The molecule has 33 heavy (non-hydrogen) atoms. The number of rotatable bonds is 8. The van der Waals surface area contributed by atoms with E-state index in [0.29, 0.717) is 29.4 Å². The first-order valence-corrected chi connectivity index (χ1v) is 11.0. The Morgan fingerprint density at radius 2 is 1.61 bits per heavy atom. The lowest BCUT2D eigenvalue weighted by molar-refractivity contribution is -0.120. The van der Waals surface area contributed by atoms with Gasteiger partial charge in [0, 0.05) is 41.5 Å². The summed E-state index contributed by atoms with van der Waals surface area (Å²) in [6, 6.07) is 11.8. The number of piperidine rings is 1. The van der Waals surface area contributed by atoms with Crippen molar-refractivity contribution in [1.82, 2.24) is 5.32 Å². The second-order valence-corrected chi connectivity index (χ2v) is 8.14. The lowest BCUT2D eigenvalue weighted by Gasteiger charge is -2.27. The molecule has 0 aromatic heterocycles. The van der Waals surface area contributed by atoms with Crippen molar-refractivity contribution in [3.05, 3.63) is 53.6 Å². The minimum atomic E-state index is -0.992. The molecular formula is C23H26ClN5O4. The van der Waals surface area contributed by atoms with Gasteiger partial charge in [-0.1, -0.05) is 11.6 Å². The Morgan fingerprint density at radius 3 is 2.24 bits per heavy atom. The number of nitrogens with one attached hydrogen (secondary N) is 3. The van der Waals surface area contributed by atoms with Crippen LogP contribution < -0.4 is 26.6 Å². The smallest absolute Gasteiger partial charge is 0.319 e. The molecule has 5 N–H and O–H groups in total. The van der Waals surface area contributed by atoms with Crippen LogP contribution >= 0.6 is 11.6 Å². The van der Waals surface area contributed by atoms with Gasteiger partial charge < -0.3 is 26.6 Å². The fourth-order valence-electron chi connectivity index (χ4n) is 3.45. The quantitative estimate of drug-likeness (QED) is 0.470. The highest BCUT2D eigenvalue weighted by atomic mass is 35.5. The zero-order valence-corrected chi connectivity index (χ0v) is 18.7. The van der Waals surface area contributed by atoms with Crippen molar-refractivity contribution in [2.24, 2.45) is 5.73 Å². The molecule has 1 unspecified atom stereocenters. The Bertz CT molecular complexity index is 1010. The van der Waals surface area contributed by atoms with Crippen LogP contribution in [0.1, 0.15) is 32.1 Å². The topological polar surface area (TPSA) is 134 Å². The molecule has 2 aromatic rings. The Labute approximate surface area is 196 Å². The van der Waals surface area contributed by atoms with Crippen molar-refractivity contribution in [3.63, 3.8) is 0 Å². The van der Waals surface area contributed by atoms with Crippen LogP contribution in [0, 0.1) is 0 Å². The van der Waals surface area contributed by atoms with Crippen LogP contribution in [0.5, 0.6) is 0 Å². The predicted octanol–water partition coefficient (Wildman–Crippen LogP) is 3.25. The van der Waals surface area contributed by atoms with Gasteiger partial charge in [-0.25, -0.2) is 4.79 Å². The second kappa shape index (κ2) is 11.3. The van der Waals surface area contributed by atoms with Crippen molar-refractivity contribution in [2.75, 3.05) is 22.1 Å². The maximum atomic E-state index is 12.8. The van der Waals surface area contributed by atoms with Gasteiger partial charge in [0.15, 0.2) is 0 Å². The molecule has 0 bridgehead atoms. The van der Waals surface area contributed by atoms with Crippen molar-refractivity contribution >= 4 is 52.4 Å². The van der Waals surface area contributed by atoms with Crippen LogP contribution in [0.3, 0.4) is 0 Å². The van der Waals surface area contributed by atoms with Gasteiger partial charge in [-0.2, -0.15) is 0 Å². The second-order valence-electron chi connectivity index (χ2n) is 7.70. The van der Waals surface area contributed by atoms with Gasteiger partial charge >= 0.3 is 6.03 Å². The maximum Gasteiger partial charge on any atom is 0.319 e. The number of primary amides is 1. The normalized spacial score (nSPS) is 14.3. The van der Waals surface area contributed by atoms with Crippen molar-refractivity contribution in [3.8, 4) is 0 Å². The fourth-order valence-corrected chi connectivity index (χ4v) is 3.57. The summed E-state index contributed by atoms with van der Waals surface area (Å²) in [7, 11) is 0. The van der Waals surface area contributed by atoms with Gasteiger partial charge in [0.2, 0.25) is 17.7 Å². The van der Waals surface area contributed by atoms with E-state index >= 15 is 0 Å². The number of halogens is 1. The molecule has 1 atom stereocenters. The first kappa shape index (κ1) is 24.1. The van der Waals surface area contributed by atoms with E-state index in [4.69, 9.17) is 17.3 Å². The summed E-state index contributed by atoms with van der Waals surface area (Å²) in [5.74, 6) is -0.993. The third-order valence-electron chi connectivity index (χ3n) is 5.17. The molecule has 5 amide bonds. The molecule has 174 valence electrons. The van der Waals surface area contributed by atoms with Crippen molar-refractivity contribution < 1.29 is 19.2 Å². The Balaban J connectivity index is 1.63. The summed E-state index contributed by atoms with van der Waals surface area (Å²) in [5.41, 5.74) is 6.98. The van der Waals surface area contributed by atoms with E-state index in [1.165, 1.54) is 0 Å². The average molecular weight is 472 g/mol. The van der Waals surface area contributed by atoms with E-state index in [1.807, 2.05) is 0 Å². The van der Waals surface area contributed by atoms with Gasteiger partial charge in [0.05, 0.1) is 0 Å².